The predicted molar refractivity (Wildman–Crippen MR) is 76.9 cm³/mol. The number of carbonyl (C=O) groups excluding carboxylic acids is 1. The van der Waals surface area contributed by atoms with Crippen molar-refractivity contribution in [2.24, 2.45) is 0 Å². The third-order valence-corrected chi connectivity index (χ3v) is 4.46. The van der Waals surface area contributed by atoms with Gasteiger partial charge < -0.3 is 4.90 Å². The number of aryl methyl sites for hydroxylation is 2. The van der Waals surface area contributed by atoms with Crippen molar-refractivity contribution in [3.8, 4) is 0 Å². The summed E-state index contributed by atoms with van der Waals surface area (Å²) in [6, 6.07) is 5.94. The second kappa shape index (κ2) is 5.39. The minimum atomic E-state index is -0.184. The van der Waals surface area contributed by atoms with Gasteiger partial charge in [0.2, 0.25) is 5.91 Å². The standard InChI is InChI=1S/C17H20FNO/c1-12-5-6-13(11-16(12)18)7-10-17(20)19-14-3-2-4-15(19)9-8-14/h2-3,5-6,11,14-15H,4,7-10H2,1H3/t14-,15-/m0/s1. The van der Waals surface area contributed by atoms with Crippen molar-refractivity contribution in [2.75, 3.05) is 0 Å². The van der Waals surface area contributed by atoms with Crippen molar-refractivity contribution in [1.29, 1.82) is 0 Å². The number of halogens is 1. The van der Waals surface area contributed by atoms with Crippen LogP contribution in [0.2, 0.25) is 0 Å². The third-order valence-electron chi connectivity index (χ3n) is 4.46. The summed E-state index contributed by atoms with van der Waals surface area (Å²) in [5.74, 6) is 0.0266. The molecule has 0 aromatic heterocycles. The first-order valence-corrected chi connectivity index (χ1v) is 7.38. The molecule has 0 aliphatic carbocycles. The smallest absolute Gasteiger partial charge is 0.223 e. The van der Waals surface area contributed by atoms with Crippen LogP contribution in [0, 0.1) is 12.7 Å². The molecule has 1 fully saturated rings. The molecule has 2 bridgehead atoms. The maximum atomic E-state index is 13.5. The Hall–Kier alpha value is -1.64. The van der Waals surface area contributed by atoms with Crippen molar-refractivity contribution in [2.45, 2.75) is 51.1 Å². The summed E-state index contributed by atoms with van der Waals surface area (Å²) in [6.07, 6.45) is 8.64. The SMILES string of the molecule is Cc1ccc(CCC(=O)N2[C@H]3CC=C[C@H]2CC3)cc1F. The van der Waals surface area contributed by atoms with Gasteiger partial charge in [-0.2, -0.15) is 0 Å². The van der Waals surface area contributed by atoms with Gasteiger partial charge >= 0.3 is 0 Å². The molecule has 2 heterocycles. The molecule has 2 aliphatic heterocycles. The topological polar surface area (TPSA) is 20.3 Å². The van der Waals surface area contributed by atoms with E-state index in [0.29, 0.717) is 30.5 Å². The Balaban J connectivity index is 1.62. The average molecular weight is 273 g/mol. The van der Waals surface area contributed by atoms with Crippen LogP contribution >= 0.6 is 0 Å². The Kier molecular flexibility index (Phi) is 3.60. The lowest BCUT2D eigenvalue weighted by atomic mass is 10.0. The third kappa shape index (κ3) is 2.49. The van der Waals surface area contributed by atoms with E-state index in [-0.39, 0.29) is 11.7 Å². The van der Waals surface area contributed by atoms with Gasteiger partial charge in [0.05, 0.1) is 6.04 Å². The van der Waals surface area contributed by atoms with Gasteiger partial charge in [-0.1, -0.05) is 24.3 Å². The molecule has 106 valence electrons. The fourth-order valence-corrected chi connectivity index (χ4v) is 3.29. The largest absolute Gasteiger partial charge is 0.333 e. The van der Waals surface area contributed by atoms with E-state index in [2.05, 4.69) is 12.2 Å². The van der Waals surface area contributed by atoms with E-state index < -0.39 is 0 Å². The monoisotopic (exact) mass is 273 g/mol. The van der Waals surface area contributed by atoms with E-state index in [0.717, 1.165) is 24.8 Å². The molecular formula is C17H20FNO. The Bertz CT molecular complexity index is 552. The first kappa shape index (κ1) is 13.3. The Morgan fingerprint density at radius 1 is 1.40 bits per heavy atom. The van der Waals surface area contributed by atoms with Crippen LogP contribution in [0.1, 0.15) is 36.8 Å². The summed E-state index contributed by atoms with van der Waals surface area (Å²) in [5.41, 5.74) is 1.56. The molecule has 2 aliphatic rings. The van der Waals surface area contributed by atoms with E-state index in [1.807, 2.05) is 11.0 Å². The van der Waals surface area contributed by atoms with Crippen molar-refractivity contribution >= 4 is 5.91 Å². The molecule has 1 aromatic carbocycles. The molecule has 3 heteroatoms. The number of hydrogen-bond acceptors (Lipinski definition) is 1. The fourth-order valence-electron chi connectivity index (χ4n) is 3.29. The van der Waals surface area contributed by atoms with Gasteiger partial charge in [-0.25, -0.2) is 4.39 Å². The van der Waals surface area contributed by atoms with Crippen molar-refractivity contribution in [3.05, 3.63) is 47.3 Å². The summed E-state index contributed by atoms with van der Waals surface area (Å²) >= 11 is 0. The molecule has 2 nitrogen and oxygen atoms in total. The zero-order chi connectivity index (χ0) is 14.1. The van der Waals surface area contributed by atoms with Crippen LogP contribution in [0.3, 0.4) is 0 Å². The highest BCUT2D eigenvalue weighted by molar-refractivity contribution is 5.78. The minimum Gasteiger partial charge on any atom is -0.333 e. The summed E-state index contributed by atoms with van der Waals surface area (Å²) in [4.78, 5) is 14.4. The van der Waals surface area contributed by atoms with Gasteiger partial charge in [0, 0.05) is 12.5 Å². The van der Waals surface area contributed by atoms with Crippen LogP contribution in [0.15, 0.2) is 30.4 Å². The van der Waals surface area contributed by atoms with Gasteiger partial charge in [0.25, 0.3) is 0 Å². The molecule has 0 saturated carbocycles. The van der Waals surface area contributed by atoms with E-state index >= 15 is 0 Å². The number of fused-ring (bicyclic) bond motifs is 2. The van der Waals surface area contributed by atoms with Crippen LogP contribution in [0.5, 0.6) is 0 Å². The van der Waals surface area contributed by atoms with E-state index in [9.17, 15) is 9.18 Å². The summed E-state index contributed by atoms with van der Waals surface area (Å²) in [7, 11) is 0. The lowest BCUT2D eigenvalue weighted by molar-refractivity contribution is -0.133. The molecule has 2 atom stereocenters. The number of carbonyl (C=O) groups is 1. The number of amides is 1. The Labute approximate surface area is 119 Å². The average Bonchev–Trinajstić information content (AvgIpc) is 2.69. The van der Waals surface area contributed by atoms with Crippen LogP contribution in [-0.2, 0) is 11.2 Å². The summed E-state index contributed by atoms with van der Waals surface area (Å²) in [5, 5.41) is 0. The van der Waals surface area contributed by atoms with Crippen LogP contribution in [-0.4, -0.2) is 22.9 Å². The van der Waals surface area contributed by atoms with Crippen molar-refractivity contribution in [1.82, 2.24) is 4.90 Å². The molecule has 1 amide bonds. The number of nitrogens with zero attached hydrogens (tertiary/aromatic N) is 1. The van der Waals surface area contributed by atoms with Crippen LogP contribution in [0.4, 0.5) is 4.39 Å². The van der Waals surface area contributed by atoms with Gasteiger partial charge in [-0.3, -0.25) is 4.79 Å². The molecule has 3 rings (SSSR count). The van der Waals surface area contributed by atoms with Gasteiger partial charge in [-0.15, -0.1) is 0 Å². The highest BCUT2D eigenvalue weighted by atomic mass is 19.1. The van der Waals surface area contributed by atoms with E-state index in [4.69, 9.17) is 0 Å². The highest BCUT2D eigenvalue weighted by Crippen LogP contribution is 2.32. The molecular weight excluding hydrogens is 253 g/mol. The molecule has 0 spiro atoms. The number of benzene rings is 1. The maximum absolute atomic E-state index is 13.5. The number of hydrogen-bond donors (Lipinski definition) is 0. The fraction of sp³-hybridized carbons (Fsp3) is 0.471. The zero-order valence-corrected chi connectivity index (χ0v) is 11.8. The van der Waals surface area contributed by atoms with Crippen LogP contribution < -0.4 is 0 Å². The normalized spacial score (nSPS) is 24.2. The molecule has 0 radical (unpaired) electrons. The summed E-state index contributed by atoms with van der Waals surface area (Å²) in [6.45, 7) is 1.75. The Morgan fingerprint density at radius 2 is 2.25 bits per heavy atom. The lowest BCUT2D eigenvalue weighted by Crippen LogP contribution is -2.42. The van der Waals surface area contributed by atoms with Gasteiger partial charge in [0.1, 0.15) is 5.82 Å². The molecule has 1 saturated heterocycles. The Morgan fingerprint density at radius 3 is 3.00 bits per heavy atom. The first-order valence-electron chi connectivity index (χ1n) is 7.38. The highest BCUT2D eigenvalue weighted by Gasteiger charge is 2.36. The maximum Gasteiger partial charge on any atom is 0.223 e. The van der Waals surface area contributed by atoms with Crippen molar-refractivity contribution < 1.29 is 9.18 Å². The van der Waals surface area contributed by atoms with Gasteiger partial charge in [0.15, 0.2) is 0 Å². The van der Waals surface area contributed by atoms with E-state index in [1.165, 1.54) is 0 Å². The molecule has 1 aromatic rings. The second-order valence-corrected chi connectivity index (χ2v) is 5.85. The minimum absolute atomic E-state index is 0.184. The van der Waals surface area contributed by atoms with Gasteiger partial charge in [-0.05, 0) is 49.8 Å². The zero-order valence-electron chi connectivity index (χ0n) is 11.8. The molecule has 0 N–H and O–H groups in total. The lowest BCUT2D eigenvalue weighted by Gasteiger charge is -2.31. The first-order chi connectivity index (χ1) is 9.65. The predicted octanol–water partition coefficient (Wildman–Crippen LogP) is 3.39. The summed E-state index contributed by atoms with van der Waals surface area (Å²) < 4.78 is 13.5. The van der Waals surface area contributed by atoms with Crippen LogP contribution in [0.25, 0.3) is 0 Å². The molecule has 0 unspecified atom stereocenters. The quantitative estimate of drug-likeness (QED) is 0.773. The molecule has 20 heavy (non-hydrogen) atoms. The van der Waals surface area contributed by atoms with E-state index in [1.54, 1.807) is 19.1 Å². The second-order valence-electron chi connectivity index (χ2n) is 5.85. The van der Waals surface area contributed by atoms with Crippen molar-refractivity contribution in [3.63, 3.8) is 0 Å². The number of rotatable bonds is 3.